The van der Waals surface area contributed by atoms with Gasteiger partial charge in [0.15, 0.2) is 5.82 Å². The molecule has 1 aliphatic heterocycles. The van der Waals surface area contributed by atoms with E-state index in [9.17, 15) is 5.26 Å². The third-order valence-corrected chi connectivity index (χ3v) is 10.4. The average Bonchev–Trinajstić information content (AvgIpc) is 3.51. The summed E-state index contributed by atoms with van der Waals surface area (Å²) in [5, 5.41) is 9.59. The van der Waals surface area contributed by atoms with Crippen LogP contribution in [0.3, 0.4) is 0 Å². The van der Waals surface area contributed by atoms with Crippen molar-refractivity contribution in [2.75, 3.05) is 0 Å². The van der Waals surface area contributed by atoms with Gasteiger partial charge in [-0.1, -0.05) is 140 Å². The molecular formula is C48H29N3O. The van der Waals surface area contributed by atoms with E-state index in [1.807, 2.05) is 72.8 Å². The normalized spacial score (nSPS) is 12.9. The highest BCUT2D eigenvalue weighted by Crippen LogP contribution is 2.63. The Morgan fingerprint density at radius 2 is 1.00 bits per heavy atom. The maximum atomic E-state index is 9.59. The first kappa shape index (κ1) is 29.8. The Kier molecular flexibility index (Phi) is 6.74. The van der Waals surface area contributed by atoms with Gasteiger partial charge < -0.3 is 4.74 Å². The lowest BCUT2D eigenvalue weighted by molar-refractivity contribution is 0.436. The van der Waals surface area contributed by atoms with Crippen LogP contribution in [0.15, 0.2) is 176 Å². The van der Waals surface area contributed by atoms with Crippen LogP contribution in [0, 0.1) is 11.3 Å². The van der Waals surface area contributed by atoms with Crippen LogP contribution in [0.2, 0.25) is 0 Å². The topological polar surface area (TPSA) is 58.8 Å². The van der Waals surface area contributed by atoms with E-state index in [0.717, 1.165) is 73.0 Å². The van der Waals surface area contributed by atoms with Crippen molar-refractivity contribution in [2.24, 2.45) is 0 Å². The molecule has 0 bridgehead atoms. The zero-order valence-electron chi connectivity index (χ0n) is 28.0. The fourth-order valence-corrected chi connectivity index (χ4v) is 8.15. The zero-order valence-corrected chi connectivity index (χ0v) is 28.0. The van der Waals surface area contributed by atoms with Crippen molar-refractivity contribution in [2.45, 2.75) is 5.41 Å². The quantitative estimate of drug-likeness (QED) is 0.188. The summed E-state index contributed by atoms with van der Waals surface area (Å²) < 4.78 is 6.59. The molecule has 1 spiro atoms. The smallest absolute Gasteiger partial charge is 0.160 e. The predicted octanol–water partition coefficient (Wildman–Crippen LogP) is 11.5. The van der Waals surface area contributed by atoms with E-state index in [-0.39, 0.29) is 0 Å². The van der Waals surface area contributed by atoms with Gasteiger partial charge in [0.25, 0.3) is 0 Å². The van der Waals surface area contributed by atoms with Crippen LogP contribution in [0.1, 0.15) is 27.8 Å². The molecule has 0 radical (unpaired) electrons. The third-order valence-electron chi connectivity index (χ3n) is 10.4. The number of fused-ring (bicyclic) bond motifs is 9. The molecule has 10 rings (SSSR count). The minimum absolute atomic E-state index is 0.626. The Balaban J connectivity index is 1.27. The molecule has 2 heterocycles. The molecule has 7 aromatic carbocycles. The van der Waals surface area contributed by atoms with Gasteiger partial charge in [-0.15, -0.1) is 0 Å². The zero-order chi connectivity index (χ0) is 34.6. The fraction of sp³-hybridized carbons (Fsp3) is 0.0208. The summed E-state index contributed by atoms with van der Waals surface area (Å²) in [5.74, 6) is 2.35. The van der Waals surface area contributed by atoms with Crippen molar-refractivity contribution >= 4 is 0 Å². The van der Waals surface area contributed by atoms with E-state index >= 15 is 0 Å². The number of benzene rings is 7. The minimum Gasteiger partial charge on any atom is -0.457 e. The number of para-hydroxylation sites is 2. The van der Waals surface area contributed by atoms with Gasteiger partial charge in [0.1, 0.15) is 11.5 Å². The molecule has 0 unspecified atom stereocenters. The van der Waals surface area contributed by atoms with Crippen molar-refractivity contribution in [1.82, 2.24) is 9.97 Å². The molecule has 2 aliphatic rings. The van der Waals surface area contributed by atoms with Gasteiger partial charge in [-0.2, -0.15) is 5.26 Å². The highest BCUT2D eigenvalue weighted by Gasteiger charge is 2.51. The van der Waals surface area contributed by atoms with E-state index in [1.165, 1.54) is 11.1 Å². The number of nitrogens with zero attached hydrogens (tertiary/aromatic N) is 3. The van der Waals surface area contributed by atoms with E-state index in [2.05, 4.69) is 109 Å². The van der Waals surface area contributed by atoms with Crippen molar-refractivity contribution in [3.05, 3.63) is 204 Å². The van der Waals surface area contributed by atoms with Gasteiger partial charge in [0.05, 0.1) is 28.4 Å². The molecule has 1 aromatic heterocycles. The standard InChI is InChI=1S/C48H29N3O/c49-30-31-22-24-32(25-23-31)36-16-11-19-41-46(36)37-28-35(47-50-42(33-12-3-1-4-13-33)29-43(51-47)34-14-5-2-6-15-34)26-27-38(37)48(41)39-17-7-9-20-44(39)52-45-21-10-8-18-40(45)48/h1-29H. The molecule has 0 N–H and O–H groups in total. The van der Waals surface area contributed by atoms with Gasteiger partial charge in [0, 0.05) is 27.8 Å². The van der Waals surface area contributed by atoms with Crippen LogP contribution in [0.4, 0.5) is 0 Å². The lowest BCUT2D eigenvalue weighted by atomic mass is 9.66. The van der Waals surface area contributed by atoms with Crippen LogP contribution in [0.25, 0.3) is 56.2 Å². The SMILES string of the molecule is N#Cc1ccc(-c2cccc3c2-c2cc(-c4nc(-c5ccccc5)cc(-c5ccccc5)n4)ccc2C32c3ccccc3Oc3ccccc32)cc1. The van der Waals surface area contributed by atoms with E-state index < -0.39 is 5.41 Å². The number of aromatic nitrogens is 2. The Labute approximate surface area is 301 Å². The van der Waals surface area contributed by atoms with Gasteiger partial charge in [-0.05, 0) is 69.8 Å². The largest absolute Gasteiger partial charge is 0.457 e. The van der Waals surface area contributed by atoms with Crippen molar-refractivity contribution in [3.8, 4) is 73.7 Å². The number of rotatable bonds is 4. The first-order valence-electron chi connectivity index (χ1n) is 17.4. The Morgan fingerprint density at radius 1 is 0.442 bits per heavy atom. The molecule has 0 fully saturated rings. The molecule has 0 saturated carbocycles. The third kappa shape index (κ3) is 4.47. The van der Waals surface area contributed by atoms with E-state index in [1.54, 1.807) is 0 Å². The summed E-state index contributed by atoms with van der Waals surface area (Å²) >= 11 is 0. The molecule has 4 nitrogen and oxygen atoms in total. The van der Waals surface area contributed by atoms with Crippen LogP contribution >= 0.6 is 0 Å². The van der Waals surface area contributed by atoms with E-state index in [0.29, 0.717) is 11.4 Å². The number of hydrogen-bond acceptors (Lipinski definition) is 4. The summed E-state index contributed by atoms with van der Waals surface area (Å²) in [7, 11) is 0. The van der Waals surface area contributed by atoms with Gasteiger partial charge in [-0.3, -0.25) is 0 Å². The molecule has 0 amide bonds. The summed E-state index contributed by atoms with van der Waals surface area (Å²) in [4.78, 5) is 10.4. The number of ether oxygens (including phenoxy) is 1. The Bertz CT molecular complexity index is 2610. The monoisotopic (exact) mass is 663 g/mol. The summed E-state index contributed by atoms with van der Waals surface area (Å²) in [6.07, 6.45) is 0. The second-order valence-electron chi connectivity index (χ2n) is 13.2. The Hall–Kier alpha value is -7.09. The summed E-state index contributed by atoms with van der Waals surface area (Å²) in [6.45, 7) is 0. The lowest BCUT2D eigenvalue weighted by Crippen LogP contribution is -2.32. The summed E-state index contributed by atoms with van der Waals surface area (Å²) in [6, 6.07) is 62.9. The lowest BCUT2D eigenvalue weighted by Gasteiger charge is -2.39. The van der Waals surface area contributed by atoms with Gasteiger partial charge >= 0.3 is 0 Å². The molecule has 1 aliphatic carbocycles. The fourth-order valence-electron chi connectivity index (χ4n) is 8.15. The summed E-state index contributed by atoms with van der Waals surface area (Å²) in [5.41, 5.74) is 13.7. The average molecular weight is 664 g/mol. The van der Waals surface area contributed by atoms with Crippen LogP contribution in [-0.2, 0) is 5.41 Å². The predicted molar refractivity (Wildman–Crippen MR) is 206 cm³/mol. The Morgan fingerprint density at radius 3 is 1.62 bits per heavy atom. The maximum Gasteiger partial charge on any atom is 0.160 e. The molecule has 0 atom stereocenters. The maximum absolute atomic E-state index is 9.59. The molecule has 4 heteroatoms. The highest BCUT2D eigenvalue weighted by atomic mass is 16.5. The molecule has 52 heavy (non-hydrogen) atoms. The molecular weight excluding hydrogens is 635 g/mol. The van der Waals surface area contributed by atoms with Crippen LogP contribution in [0.5, 0.6) is 11.5 Å². The van der Waals surface area contributed by atoms with Crippen molar-refractivity contribution < 1.29 is 4.74 Å². The van der Waals surface area contributed by atoms with E-state index in [4.69, 9.17) is 14.7 Å². The molecule has 242 valence electrons. The first-order chi connectivity index (χ1) is 25.7. The highest BCUT2D eigenvalue weighted by molar-refractivity contribution is 5.97. The number of nitriles is 1. The van der Waals surface area contributed by atoms with Crippen molar-refractivity contribution in [1.29, 1.82) is 5.26 Å². The first-order valence-corrected chi connectivity index (χ1v) is 17.4. The second-order valence-corrected chi connectivity index (χ2v) is 13.2. The van der Waals surface area contributed by atoms with Gasteiger partial charge in [0.2, 0.25) is 0 Å². The minimum atomic E-state index is -0.626. The molecule has 8 aromatic rings. The van der Waals surface area contributed by atoms with Crippen LogP contribution < -0.4 is 4.74 Å². The number of hydrogen-bond donors (Lipinski definition) is 0. The van der Waals surface area contributed by atoms with Gasteiger partial charge in [-0.25, -0.2) is 9.97 Å². The second kappa shape index (κ2) is 11.8. The van der Waals surface area contributed by atoms with Crippen LogP contribution in [-0.4, -0.2) is 9.97 Å². The molecule has 0 saturated heterocycles. The van der Waals surface area contributed by atoms with Crippen molar-refractivity contribution in [3.63, 3.8) is 0 Å².